The summed E-state index contributed by atoms with van der Waals surface area (Å²) >= 11 is 12.0. The molecule has 2 amide bonds. The van der Waals surface area contributed by atoms with Gasteiger partial charge in [0, 0.05) is 6.54 Å². The van der Waals surface area contributed by atoms with Crippen molar-refractivity contribution in [2.75, 3.05) is 5.32 Å². The Balaban J connectivity index is 1.96. The monoisotopic (exact) mass is 308 g/mol. The van der Waals surface area contributed by atoms with Crippen molar-refractivity contribution >= 4 is 34.9 Å². The number of rotatable bonds is 3. The number of hydrogen-bond donors (Lipinski definition) is 2. The topological polar surface area (TPSA) is 41.1 Å². The molecule has 0 fully saturated rings. The molecule has 0 aromatic heterocycles. The van der Waals surface area contributed by atoms with Crippen LogP contribution in [0.4, 0.5) is 10.5 Å². The molecule has 2 aromatic rings. The van der Waals surface area contributed by atoms with E-state index in [1.165, 1.54) is 0 Å². The lowest BCUT2D eigenvalue weighted by Crippen LogP contribution is -2.28. The number of para-hydroxylation sites is 1. The average Bonchev–Trinajstić information content (AvgIpc) is 2.41. The molecule has 0 radical (unpaired) electrons. The van der Waals surface area contributed by atoms with Gasteiger partial charge in [0.25, 0.3) is 0 Å². The number of urea groups is 1. The normalized spacial score (nSPS) is 10.2. The molecule has 0 aliphatic carbocycles. The fourth-order valence-corrected chi connectivity index (χ4v) is 2.27. The zero-order valence-corrected chi connectivity index (χ0v) is 12.4. The molecule has 0 heterocycles. The van der Waals surface area contributed by atoms with Gasteiger partial charge in [-0.1, -0.05) is 59.1 Å². The van der Waals surface area contributed by atoms with Crippen molar-refractivity contribution in [3.05, 3.63) is 63.6 Å². The van der Waals surface area contributed by atoms with E-state index in [0.717, 1.165) is 11.1 Å². The first-order valence-electron chi connectivity index (χ1n) is 6.10. The van der Waals surface area contributed by atoms with Crippen LogP contribution < -0.4 is 10.6 Å². The molecule has 0 aliphatic rings. The van der Waals surface area contributed by atoms with Crippen LogP contribution in [0.3, 0.4) is 0 Å². The summed E-state index contributed by atoms with van der Waals surface area (Å²) in [7, 11) is 0. The van der Waals surface area contributed by atoms with Gasteiger partial charge in [0.05, 0.1) is 15.7 Å². The van der Waals surface area contributed by atoms with Crippen LogP contribution in [-0.4, -0.2) is 6.03 Å². The van der Waals surface area contributed by atoms with Gasteiger partial charge in [-0.2, -0.15) is 0 Å². The Hall–Kier alpha value is -1.71. The van der Waals surface area contributed by atoms with Crippen molar-refractivity contribution < 1.29 is 4.79 Å². The molecule has 0 saturated carbocycles. The lowest BCUT2D eigenvalue weighted by atomic mass is 10.1. The average molecular weight is 309 g/mol. The van der Waals surface area contributed by atoms with Crippen molar-refractivity contribution in [1.29, 1.82) is 0 Å². The minimum Gasteiger partial charge on any atom is -0.334 e. The van der Waals surface area contributed by atoms with Gasteiger partial charge in [-0.05, 0) is 24.6 Å². The van der Waals surface area contributed by atoms with Crippen LogP contribution in [0.15, 0.2) is 42.5 Å². The molecule has 0 aliphatic heterocycles. The van der Waals surface area contributed by atoms with Gasteiger partial charge >= 0.3 is 6.03 Å². The molecular weight excluding hydrogens is 295 g/mol. The molecule has 5 heteroatoms. The summed E-state index contributed by atoms with van der Waals surface area (Å²) in [6, 6.07) is 12.6. The van der Waals surface area contributed by atoms with Gasteiger partial charge in [0.1, 0.15) is 0 Å². The number of halogens is 2. The summed E-state index contributed by atoms with van der Waals surface area (Å²) in [5, 5.41) is 6.22. The first-order valence-corrected chi connectivity index (χ1v) is 6.86. The molecule has 0 unspecified atom stereocenters. The minimum atomic E-state index is -0.346. The van der Waals surface area contributed by atoms with E-state index in [9.17, 15) is 4.79 Å². The van der Waals surface area contributed by atoms with E-state index >= 15 is 0 Å². The standard InChI is InChI=1S/C15H14Cl2N2O/c1-10-4-2-5-11(8-10)9-18-15(20)19-14-12(16)6-3-7-13(14)17/h2-8H,9H2,1H3,(H2,18,19,20). The third-order valence-electron chi connectivity index (χ3n) is 2.74. The summed E-state index contributed by atoms with van der Waals surface area (Å²) in [5.41, 5.74) is 2.60. The summed E-state index contributed by atoms with van der Waals surface area (Å²) in [4.78, 5) is 11.8. The first kappa shape index (κ1) is 14.7. The van der Waals surface area contributed by atoms with Gasteiger partial charge < -0.3 is 10.6 Å². The van der Waals surface area contributed by atoms with Crippen LogP contribution in [0.25, 0.3) is 0 Å². The predicted molar refractivity (Wildman–Crippen MR) is 83.5 cm³/mol. The van der Waals surface area contributed by atoms with Crippen LogP contribution in [0.5, 0.6) is 0 Å². The maximum Gasteiger partial charge on any atom is 0.319 e. The highest BCUT2D eigenvalue weighted by atomic mass is 35.5. The van der Waals surface area contributed by atoms with Gasteiger partial charge in [-0.3, -0.25) is 0 Å². The van der Waals surface area contributed by atoms with E-state index in [0.29, 0.717) is 22.3 Å². The molecule has 2 rings (SSSR count). The largest absolute Gasteiger partial charge is 0.334 e. The summed E-state index contributed by atoms with van der Waals surface area (Å²) in [6.07, 6.45) is 0. The number of anilines is 1. The van der Waals surface area contributed by atoms with Gasteiger partial charge in [0.2, 0.25) is 0 Å². The smallest absolute Gasteiger partial charge is 0.319 e. The third kappa shape index (κ3) is 3.89. The highest BCUT2D eigenvalue weighted by Crippen LogP contribution is 2.29. The summed E-state index contributed by atoms with van der Waals surface area (Å²) in [6.45, 7) is 2.45. The molecule has 2 N–H and O–H groups in total. The number of carbonyl (C=O) groups excluding carboxylic acids is 1. The van der Waals surface area contributed by atoms with Crippen molar-refractivity contribution in [3.63, 3.8) is 0 Å². The lowest BCUT2D eigenvalue weighted by Gasteiger charge is -2.10. The first-order chi connectivity index (χ1) is 9.56. The van der Waals surface area contributed by atoms with Crippen molar-refractivity contribution in [2.45, 2.75) is 13.5 Å². The zero-order valence-electron chi connectivity index (χ0n) is 10.9. The SMILES string of the molecule is Cc1cccc(CNC(=O)Nc2c(Cl)cccc2Cl)c1. The van der Waals surface area contributed by atoms with Crippen LogP contribution in [0.1, 0.15) is 11.1 Å². The number of carbonyl (C=O) groups is 1. The van der Waals surface area contributed by atoms with E-state index in [1.54, 1.807) is 18.2 Å². The quantitative estimate of drug-likeness (QED) is 0.853. The lowest BCUT2D eigenvalue weighted by molar-refractivity contribution is 0.251. The number of benzene rings is 2. The third-order valence-corrected chi connectivity index (χ3v) is 3.37. The fourth-order valence-electron chi connectivity index (χ4n) is 1.78. The van der Waals surface area contributed by atoms with E-state index in [1.807, 2.05) is 31.2 Å². The molecular formula is C15H14Cl2N2O. The molecule has 104 valence electrons. The van der Waals surface area contributed by atoms with Gasteiger partial charge in [-0.15, -0.1) is 0 Å². The highest BCUT2D eigenvalue weighted by molar-refractivity contribution is 6.39. The van der Waals surface area contributed by atoms with Crippen molar-refractivity contribution in [2.24, 2.45) is 0 Å². The second-order valence-corrected chi connectivity index (χ2v) is 5.21. The Bertz CT molecular complexity index is 609. The molecule has 0 bridgehead atoms. The van der Waals surface area contributed by atoms with Crippen LogP contribution in [-0.2, 0) is 6.54 Å². The second kappa shape index (κ2) is 6.64. The van der Waals surface area contributed by atoms with Crippen LogP contribution in [0, 0.1) is 6.92 Å². The van der Waals surface area contributed by atoms with E-state index in [-0.39, 0.29) is 6.03 Å². The van der Waals surface area contributed by atoms with Crippen molar-refractivity contribution in [1.82, 2.24) is 5.32 Å². The molecule has 0 spiro atoms. The maximum atomic E-state index is 11.8. The number of nitrogens with one attached hydrogen (secondary N) is 2. The van der Waals surface area contributed by atoms with Gasteiger partial charge in [0.15, 0.2) is 0 Å². The van der Waals surface area contributed by atoms with Crippen molar-refractivity contribution in [3.8, 4) is 0 Å². The summed E-state index contributed by atoms with van der Waals surface area (Å²) < 4.78 is 0. The zero-order chi connectivity index (χ0) is 14.5. The fraction of sp³-hybridized carbons (Fsp3) is 0.133. The molecule has 2 aromatic carbocycles. The molecule has 0 atom stereocenters. The van der Waals surface area contributed by atoms with Gasteiger partial charge in [-0.25, -0.2) is 4.79 Å². The maximum absolute atomic E-state index is 11.8. The summed E-state index contributed by atoms with van der Waals surface area (Å²) in [5.74, 6) is 0. The van der Waals surface area contributed by atoms with Crippen LogP contribution >= 0.6 is 23.2 Å². The number of hydrogen-bond acceptors (Lipinski definition) is 1. The molecule has 3 nitrogen and oxygen atoms in total. The Morgan fingerprint density at radius 1 is 1.10 bits per heavy atom. The highest BCUT2D eigenvalue weighted by Gasteiger charge is 2.08. The Kier molecular flexibility index (Phi) is 4.88. The molecule has 0 saturated heterocycles. The minimum absolute atomic E-state index is 0.346. The van der Waals surface area contributed by atoms with E-state index in [2.05, 4.69) is 10.6 Å². The predicted octanol–water partition coefficient (Wildman–Crippen LogP) is 4.62. The van der Waals surface area contributed by atoms with E-state index < -0.39 is 0 Å². The Morgan fingerprint density at radius 2 is 1.75 bits per heavy atom. The number of amides is 2. The Labute approximate surface area is 127 Å². The molecule has 20 heavy (non-hydrogen) atoms. The van der Waals surface area contributed by atoms with E-state index in [4.69, 9.17) is 23.2 Å². The number of aryl methyl sites for hydroxylation is 1. The van der Waals surface area contributed by atoms with Crippen LogP contribution in [0.2, 0.25) is 10.0 Å². The second-order valence-electron chi connectivity index (χ2n) is 4.39. The Morgan fingerprint density at radius 3 is 2.40 bits per heavy atom.